The molecule has 0 heterocycles. The van der Waals surface area contributed by atoms with E-state index in [1.807, 2.05) is 48.5 Å². The largest absolute Gasteiger partial charge is 0.326 e. The van der Waals surface area contributed by atoms with E-state index in [1.54, 1.807) is 21.6 Å². The summed E-state index contributed by atoms with van der Waals surface area (Å²) in [4.78, 5) is 46.2. The number of hydrogen-bond acceptors (Lipinski definition) is 6. The van der Waals surface area contributed by atoms with Gasteiger partial charge in [-0.15, -0.1) is 0 Å². The molecule has 6 nitrogen and oxygen atoms in total. The first kappa shape index (κ1) is 23.7. The van der Waals surface area contributed by atoms with E-state index in [0.717, 1.165) is 33.7 Å². The molecule has 0 bridgehead atoms. The Kier molecular flexibility index (Phi) is 10.7. The molecule has 158 valence electrons. The molecule has 2 rings (SSSR count). The second-order valence-corrected chi connectivity index (χ2v) is 8.71. The maximum Gasteiger partial charge on any atom is 0.224 e. The van der Waals surface area contributed by atoms with Crippen LogP contribution in [-0.4, -0.2) is 24.4 Å². The molecule has 0 aliphatic rings. The minimum Gasteiger partial charge on any atom is -0.326 e. The third-order valence-electron chi connectivity index (χ3n) is 3.96. The summed E-state index contributed by atoms with van der Waals surface area (Å²) in [6.45, 7) is 0. The second kappa shape index (κ2) is 13.6. The number of benzene rings is 2. The summed E-state index contributed by atoms with van der Waals surface area (Å²) < 4.78 is 0. The number of hydrogen-bond donors (Lipinski definition) is 2. The Labute approximate surface area is 184 Å². The lowest BCUT2D eigenvalue weighted by Crippen LogP contribution is -2.10. The number of rotatable bonds is 13. The highest BCUT2D eigenvalue weighted by molar-refractivity contribution is 8.76. The molecule has 2 N–H and O–H groups in total. The first-order chi connectivity index (χ1) is 14.6. The number of carbonyl (C=O) groups excluding carboxylic acids is 4. The Hall–Kier alpha value is -2.58. The summed E-state index contributed by atoms with van der Waals surface area (Å²) in [6.07, 6.45) is 4.22. The van der Waals surface area contributed by atoms with Crippen molar-refractivity contribution < 1.29 is 19.2 Å². The van der Waals surface area contributed by atoms with Crippen LogP contribution in [0.3, 0.4) is 0 Å². The molecule has 0 spiro atoms. The molecule has 0 atom stereocenters. The van der Waals surface area contributed by atoms with Crippen molar-refractivity contribution in [3.63, 3.8) is 0 Å². The Bertz CT molecular complexity index is 768. The van der Waals surface area contributed by atoms with Gasteiger partial charge in [0.25, 0.3) is 0 Å². The SMILES string of the molecule is O=CCCCC(=O)Nc1ccc(SSc2ccc(NC(=O)CCCC=O)cc2)cc1. The topological polar surface area (TPSA) is 92.3 Å². The molecule has 0 saturated heterocycles. The molecule has 0 fully saturated rings. The maximum atomic E-state index is 11.8. The van der Waals surface area contributed by atoms with Crippen molar-refractivity contribution in [2.45, 2.75) is 48.3 Å². The van der Waals surface area contributed by atoms with Crippen LogP contribution in [0.2, 0.25) is 0 Å². The second-order valence-electron chi connectivity index (χ2n) is 6.43. The van der Waals surface area contributed by atoms with Gasteiger partial charge in [-0.25, -0.2) is 0 Å². The number of anilines is 2. The summed E-state index contributed by atoms with van der Waals surface area (Å²) in [7, 11) is 3.19. The molecule has 2 aromatic rings. The summed E-state index contributed by atoms with van der Waals surface area (Å²) in [5, 5.41) is 5.63. The Morgan fingerprint density at radius 1 is 0.667 bits per heavy atom. The molecule has 0 aliphatic carbocycles. The molecule has 8 heteroatoms. The molecular formula is C22H24N2O4S2. The van der Waals surface area contributed by atoms with E-state index in [-0.39, 0.29) is 11.8 Å². The van der Waals surface area contributed by atoms with Gasteiger partial charge in [0, 0.05) is 46.8 Å². The van der Waals surface area contributed by atoms with Gasteiger partial charge < -0.3 is 20.2 Å². The van der Waals surface area contributed by atoms with Crippen molar-refractivity contribution in [2.75, 3.05) is 10.6 Å². The third-order valence-corrected chi connectivity index (χ3v) is 6.38. The summed E-state index contributed by atoms with van der Waals surface area (Å²) >= 11 is 0. The molecule has 0 unspecified atom stereocenters. The average Bonchev–Trinajstić information content (AvgIpc) is 2.75. The van der Waals surface area contributed by atoms with Gasteiger partial charge in [-0.2, -0.15) is 0 Å². The fraction of sp³-hybridized carbons (Fsp3) is 0.273. The lowest BCUT2D eigenvalue weighted by Gasteiger charge is -2.07. The van der Waals surface area contributed by atoms with Crippen LogP contribution < -0.4 is 10.6 Å². The number of aldehydes is 2. The van der Waals surface area contributed by atoms with Gasteiger partial charge >= 0.3 is 0 Å². The van der Waals surface area contributed by atoms with Crippen LogP contribution in [0.1, 0.15) is 38.5 Å². The lowest BCUT2D eigenvalue weighted by atomic mass is 10.2. The highest BCUT2D eigenvalue weighted by Crippen LogP contribution is 2.38. The number of unbranched alkanes of at least 4 members (excludes halogenated alkanes) is 2. The van der Waals surface area contributed by atoms with Crippen LogP contribution in [0.25, 0.3) is 0 Å². The Morgan fingerprint density at radius 3 is 1.37 bits per heavy atom. The zero-order valence-electron chi connectivity index (χ0n) is 16.5. The highest BCUT2D eigenvalue weighted by atomic mass is 33.1. The zero-order valence-corrected chi connectivity index (χ0v) is 18.1. The monoisotopic (exact) mass is 444 g/mol. The summed E-state index contributed by atoms with van der Waals surface area (Å²) in [5.74, 6) is -0.190. The summed E-state index contributed by atoms with van der Waals surface area (Å²) in [6, 6.07) is 15.2. The van der Waals surface area contributed by atoms with E-state index in [0.29, 0.717) is 38.5 Å². The predicted molar refractivity (Wildman–Crippen MR) is 122 cm³/mol. The quantitative estimate of drug-likeness (QED) is 0.254. The molecule has 2 aromatic carbocycles. The minimum absolute atomic E-state index is 0.0949. The highest BCUT2D eigenvalue weighted by Gasteiger charge is 2.05. The van der Waals surface area contributed by atoms with E-state index < -0.39 is 0 Å². The molecule has 2 amide bonds. The van der Waals surface area contributed by atoms with Crippen LogP contribution in [-0.2, 0) is 19.2 Å². The third kappa shape index (κ3) is 9.28. The number of nitrogens with one attached hydrogen (secondary N) is 2. The van der Waals surface area contributed by atoms with E-state index >= 15 is 0 Å². The van der Waals surface area contributed by atoms with Gasteiger partial charge in [-0.3, -0.25) is 9.59 Å². The average molecular weight is 445 g/mol. The zero-order chi connectivity index (χ0) is 21.6. The standard InChI is InChI=1S/C22H24N2O4S2/c25-15-3-1-5-21(27)23-17-7-11-19(12-8-17)29-30-20-13-9-18(10-14-20)24-22(28)6-2-4-16-26/h7-16H,1-6H2,(H,23,27)(H,24,28). The van der Waals surface area contributed by atoms with Gasteiger partial charge in [-0.05, 0) is 61.4 Å². The lowest BCUT2D eigenvalue weighted by molar-refractivity contribution is -0.117. The molecule has 0 aliphatic heterocycles. The molecule has 0 aromatic heterocycles. The first-order valence-electron chi connectivity index (χ1n) is 9.62. The fourth-order valence-corrected chi connectivity index (χ4v) is 4.35. The van der Waals surface area contributed by atoms with Crippen molar-refractivity contribution >= 4 is 57.3 Å². The fourth-order valence-electron chi connectivity index (χ4n) is 2.42. The van der Waals surface area contributed by atoms with Gasteiger partial charge in [0.15, 0.2) is 0 Å². The van der Waals surface area contributed by atoms with Crippen molar-refractivity contribution in [1.29, 1.82) is 0 Å². The van der Waals surface area contributed by atoms with Crippen molar-refractivity contribution in [3.05, 3.63) is 48.5 Å². The number of amides is 2. The van der Waals surface area contributed by atoms with Crippen LogP contribution in [0.15, 0.2) is 58.3 Å². The van der Waals surface area contributed by atoms with Crippen LogP contribution in [0.4, 0.5) is 11.4 Å². The van der Waals surface area contributed by atoms with E-state index in [9.17, 15) is 19.2 Å². The van der Waals surface area contributed by atoms with Crippen molar-refractivity contribution in [2.24, 2.45) is 0 Å². The van der Waals surface area contributed by atoms with Crippen LogP contribution in [0.5, 0.6) is 0 Å². The Morgan fingerprint density at radius 2 is 1.03 bits per heavy atom. The first-order valence-corrected chi connectivity index (χ1v) is 11.8. The molecular weight excluding hydrogens is 420 g/mol. The maximum absolute atomic E-state index is 11.8. The van der Waals surface area contributed by atoms with E-state index in [1.165, 1.54) is 0 Å². The van der Waals surface area contributed by atoms with Gasteiger partial charge in [-0.1, -0.05) is 21.6 Å². The summed E-state index contributed by atoms with van der Waals surface area (Å²) in [5.41, 5.74) is 1.46. The molecule has 0 saturated carbocycles. The number of carbonyl (C=O) groups is 4. The van der Waals surface area contributed by atoms with E-state index in [4.69, 9.17) is 0 Å². The van der Waals surface area contributed by atoms with E-state index in [2.05, 4.69) is 10.6 Å². The van der Waals surface area contributed by atoms with Crippen molar-refractivity contribution in [3.8, 4) is 0 Å². The van der Waals surface area contributed by atoms with Crippen molar-refractivity contribution in [1.82, 2.24) is 0 Å². The van der Waals surface area contributed by atoms with Crippen LogP contribution in [0, 0.1) is 0 Å². The molecule has 30 heavy (non-hydrogen) atoms. The predicted octanol–water partition coefficient (Wildman–Crippen LogP) is 5.10. The van der Waals surface area contributed by atoms with Gasteiger partial charge in [0.1, 0.15) is 12.6 Å². The smallest absolute Gasteiger partial charge is 0.224 e. The van der Waals surface area contributed by atoms with Gasteiger partial charge in [0.2, 0.25) is 11.8 Å². The normalized spacial score (nSPS) is 10.3. The molecule has 0 radical (unpaired) electrons. The van der Waals surface area contributed by atoms with Gasteiger partial charge in [0.05, 0.1) is 0 Å². The minimum atomic E-state index is -0.0949. The van der Waals surface area contributed by atoms with Crippen LogP contribution >= 0.6 is 21.6 Å². The Balaban J connectivity index is 1.76.